The molecule has 0 bridgehead atoms. The number of hydrogen-bond donors (Lipinski definition) is 0. The van der Waals surface area contributed by atoms with Crippen LogP contribution >= 0.6 is 0 Å². The van der Waals surface area contributed by atoms with E-state index < -0.39 is 0 Å². The second-order valence-corrected chi connectivity index (χ2v) is 16.6. The van der Waals surface area contributed by atoms with E-state index in [1.165, 1.54) is 120 Å². The Labute approximate surface area is 332 Å². The van der Waals surface area contributed by atoms with E-state index in [1.54, 1.807) is 0 Å². The molecule has 0 unspecified atom stereocenters. The van der Waals surface area contributed by atoms with Gasteiger partial charge >= 0.3 is 0 Å². The van der Waals surface area contributed by atoms with E-state index in [0.717, 1.165) is 12.8 Å². The molecule has 0 atom stereocenters. The van der Waals surface area contributed by atoms with Gasteiger partial charge in [0.2, 0.25) is 0 Å². The molecule has 0 aromatic heterocycles. The van der Waals surface area contributed by atoms with E-state index in [4.69, 9.17) is 0 Å². The van der Waals surface area contributed by atoms with Gasteiger partial charge in [0.15, 0.2) is 0 Å². The predicted molar refractivity (Wildman–Crippen MR) is 245 cm³/mol. The van der Waals surface area contributed by atoms with Crippen LogP contribution in [0.1, 0.15) is 37.8 Å². The highest BCUT2D eigenvalue weighted by molar-refractivity contribution is 6.25. The van der Waals surface area contributed by atoms with Crippen LogP contribution in [0.3, 0.4) is 0 Å². The summed E-state index contributed by atoms with van der Waals surface area (Å²) in [7, 11) is 0. The van der Waals surface area contributed by atoms with Crippen LogP contribution in [0.15, 0.2) is 170 Å². The minimum Gasteiger partial charge on any atom is -0.0757 e. The van der Waals surface area contributed by atoms with Gasteiger partial charge in [-0.2, -0.15) is 0 Å². The summed E-state index contributed by atoms with van der Waals surface area (Å²) in [5, 5.41) is 15.7. The summed E-state index contributed by atoms with van der Waals surface area (Å²) in [5.74, 6) is 0. The Kier molecular flexibility index (Phi) is 6.91. The Hall–Kier alpha value is -6.76. The molecule has 0 amide bonds. The second kappa shape index (κ2) is 12.1. The third-order valence-corrected chi connectivity index (χ3v) is 13.2. The molecule has 0 saturated carbocycles. The van der Waals surface area contributed by atoms with Crippen LogP contribution < -0.4 is 10.4 Å². The largest absolute Gasteiger partial charge is 0.0757 e. The second-order valence-electron chi connectivity index (χ2n) is 16.6. The van der Waals surface area contributed by atoms with Crippen LogP contribution in [0, 0.1) is 0 Å². The Balaban J connectivity index is 1.13. The molecule has 0 radical (unpaired) electrons. The highest BCUT2D eigenvalue weighted by Gasteiger charge is 2.37. The van der Waals surface area contributed by atoms with E-state index in [1.807, 2.05) is 0 Å². The van der Waals surface area contributed by atoms with Crippen LogP contribution in [0.4, 0.5) is 0 Å². The van der Waals surface area contributed by atoms with Crippen molar-refractivity contribution >= 4 is 66.0 Å². The van der Waals surface area contributed by atoms with Crippen molar-refractivity contribution in [3.8, 4) is 44.5 Å². The molecule has 2 aliphatic rings. The van der Waals surface area contributed by atoms with Gasteiger partial charge in [0.1, 0.15) is 0 Å². The highest BCUT2D eigenvalue weighted by Crippen LogP contribution is 2.54. The zero-order valence-corrected chi connectivity index (χ0v) is 32.2. The number of hydrogen-bond acceptors (Lipinski definition) is 0. The number of fused-ring (bicyclic) bond motifs is 11. The Bertz CT molecular complexity index is 3420. The normalized spacial score (nSPS) is 14.1. The third kappa shape index (κ3) is 4.62. The van der Waals surface area contributed by atoms with Gasteiger partial charge in [-0.15, -0.1) is 0 Å². The summed E-state index contributed by atoms with van der Waals surface area (Å²) >= 11 is 0. The molecule has 0 heterocycles. The number of benzene rings is 10. The minimum atomic E-state index is -0.109. The molecule has 268 valence electrons. The summed E-state index contributed by atoms with van der Waals surface area (Å²) in [6.45, 7) is 4.79. The summed E-state index contributed by atoms with van der Waals surface area (Å²) < 4.78 is 0. The average Bonchev–Trinajstić information content (AvgIpc) is 3.50. The topological polar surface area (TPSA) is 0 Å². The lowest BCUT2D eigenvalue weighted by atomic mass is 9.79. The van der Waals surface area contributed by atoms with Crippen LogP contribution in [0.5, 0.6) is 0 Å². The van der Waals surface area contributed by atoms with Gasteiger partial charge in [0.05, 0.1) is 0 Å². The molecule has 0 fully saturated rings. The standard InChI is InChI=1S/C57H40/c1-57(2)52-29-14-13-27-48(52)56-43-22-8-7-21-42(43)51(34-53(56)57)55-46-25-11-9-23-44(46)54(45-24-10-12-26-47(45)55)37-31-30-36-32-50(41-20-6-5-19-40(41)49(36)33-37)39-28-15-17-35-16-3-4-18-38(35)39/h3-4,7-34H,5-6H2,1-2H3. The average molecular weight is 725 g/mol. The van der Waals surface area contributed by atoms with Crippen LogP contribution in [-0.2, 0) is 5.41 Å². The van der Waals surface area contributed by atoms with Crippen molar-refractivity contribution in [2.24, 2.45) is 0 Å². The van der Waals surface area contributed by atoms with E-state index in [0.29, 0.717) is 0 Å². The fourth-order valence-corrected chi connectivity index (χ4v) is 10.7. The zero-order valence-electron chi connectivity index (χ0n) is 32.2. The molecule has 0 spiro atoms. The molecule has 10 aromatic rings. The van der Waals surface area contributed by atoms with E-state index >= 15 is 0 Å². The van der Waals surface area contributed by atoms with Crippen molar-refractivity contribution in [1.82, 2.24) is 0 Å². The van der Waals surface area contributed by atoms with E-state index in [2.05, 4.69) is 196 Å². The lowest BCUT2D eigenvalue weighted by Gasteiger charge is -2.24. The van der Waals surface area contributed by atoms with Crippen LogP contribution in [-0.4, -0.2) is 0 Å². The van der Waals surface area contributed by atoms with Crippen LogP contribution in [0.2, 0.25) is 0 Å². The van der Waals surface area contributed by atoms with Gasteiger partial charge in [-0.25, -0.2) is 0 Å². The summed E-state index contributed by atoms with van der Waals surface area (Å²) in [6, 6.07) is 64.1. The maximum Gasteiger partial charge on any atom is 0.0159 e. The van der Waals surface area contributed by atoms with Crippen molar-refractivity contribution in [1.29, 1.82) is 0 Å². The van der Waals surface area contributed by atoms with Crippen molar-refractivity contribution in [3.05, 3.63) is 191 Å². The minimum absolute atomic E-state index is 0.109. The maximum atomic E-state index is 2.54. The molecule has 0 aliphatic heterocycles. The van der Waals surface area contributed by atoms with Gasteiger partial charge < -0.3 is 0 Å². The van der Waals surface area contributed by atoms with Crippen molar-refractivity contribution in [2.45, 2.75) is 32.1 Å². The first kappa shape index (κ1) is 32.5. The molecular formula is C57H40. The molecular weight excluding hydrogens is 685 g/mol. The van der Waals surface area contributed by atoms with E-state index in [9.17, 15) is 0 Å². The highest BCUT2D eigenvalue weighted by atomic mass is 14.4. The molecule has 10 aromatic carbocycles. The molecule has 0 N–H and O–H groups in total. The zero-order chi connectivity index (χ0) is 37.8. The molecule has 57 heavy (non-hydrogen) atoms. The van der Waals surface area contributed by atoms with Gasteiger partial charge in [0, 0.05) is 5.41 Å². The fourth-order valence-electron chi connectivity index (χ4n) is 10.7. The van der Waals surface area contributed by atoms with Crippen molar-refractivity contribution < 1.29 is 0 Å². The van der Waals surface area contributed by atoms with Gasteiger partial charge in [0.25, 0.3) is 0 Å². The first-order valence-electron chi connectivity index (χ1n) is 20.4. The monoisotopic (exact) mass is 724 g/mol. The summed E-state index contributed by atoms with van der Waals surface area (Å²) in [4.78, 5) is 0. The molecule has 0 nitrogen and oxygen atoms in total. The van der Waals surface area contributed by atoms with Crippen molar-refractivity contribution in [2.75, 3.05) is 0 Å². The molecule has 2 aliphatic carbocycles. The Morgan fingerprint density at radius 2 is 0.895 bits per heavy atom. The lowest BCUT2D eigenvalue weighted by Crippen LogP contribution is -2.29. The molecule has 0 heteroatoms. The van der Waals surface area contributed by atoms with Gasteiger partial charge in [-0.3, -0.25) is 0 Å². The fraction of sp³-hybridized carbons (Fsp3) is 0.0877. The van der Waals surface area contributed by atoms with Crippen LogP contribution in [0.25, 0.3) is 111 Å². The summed E-state index contributed by atoms with van der Waals surface area (Å²) in [5.41, 5.74) is 13.3. The molecule has 12 rings (SSSR count). The smallest absolute Gasteiger partial charge is 0.0159 e. The van der Waals surface area contributed by atoms with E-state index in [-0.39, 0.29) is 5.41 Å². The lowest BCUT2D eigenvalue weighted by molar-refractivity contribution is 0.661. The first-order chi connectivity index (χ1) is 28.1. The predicted octanol–water partition coefficient (Wildman–Crippen LogP) is 14.1. The molecule has 0 saturated heterocycles. The van der Waals surface area contributed by atoms with Gasteiger partial charge in [-0.05, 0) is 151 Å². The number of rotatable bonds is 3. The Morgan fingerprint density at radius 1 is 0.333 bits per heavy atom. The SMILES string of the molecule is CC1(C)c2ccccc2-c2c1cc(-c1c3ccccc3c(-c3ccc4cc(-c5cccc6ccccc56)c5c(c4c3)=CCCC=5)c3ccccc13)c1ccccc21. The summed E-state index contributed by atoms with van der Waals surface area (Å²) in [6.07, 6.45) is 7.07. The Morgan fingerprint density at radius 3 is 1.63 bits per heavy atom. The maximum absolute atomic E-state index is 2.54. The first-order valence-corrected chi connectivity index (χ1v) is 20.4. The third-order valence-electron chi connectivity index (χ3n) is 13.2. The van der Waals surface area contributed by atoms with Crippen molar-refractivity contribution in [3.63, 3.8) is 0 Å². The quantitative estimate of drug-likeness (QED) is 0.159. The van der Waals surface area contributed by atoms with Gasteiger partial charge in [-0.1, -0.05) is 178 Å².